The topological polar surface area (TPSA) is 70.5 Å². The Kier molecular flexibility index (Phi) is 5.80. The van der Waals surface area contributed by atoms with Gasteiger partial charge in [0.1, 0.15) is 5.82 Å². The fourth-order valence-electron chi connectivity index (χ4n) is 3.34. The first-order valence-electron chi connectivity index (χ1n) is 9.56. The maximum absolute atomic E-state index is 13.3. The quantitative estimate of drug-likeness (QED) is 0.336. The van der Waals surface area contributed by atoms with E-state index in [-0.39, 0.29) is 11.4 Å². The van der Waals surface area contributed by atoms with E-state index in [1.165, 1.54) is 22.5 Å². The van der Waals surface area contributed by atoms with Gasteiger partial charge in [0.05, 0.1) is 11.4 Å². The Bertz CT molecular complexity index is 1210. The van der Waals surface area contributed by atoms with Gasteiger partial charge in [0.15, 0.2) is 5.69 Å². The van der Waals surface area contributed by atoms with Crippen LogP contribution in [-0.4, -0.2) is 35.3 Å². The molecule has 0 N–H and O–H groups in total. The van der Waals surface area contributed by atoms with Gasteiger partial charge in [0, 0.05) is 12.8 Å². The van der Waals surface area contributed by atoms with Crippen LogP contribution < -0.4 is 5.56 Å². The molecule has 9 heteroatoms. The zero-order valence-electron chi connectivity index (χ0n) is 16.7. The van der Waals surface area contributed by atoms with Crippen LogP contribution in [0.2, 0.25) is 0 Å². The molecule has 0 unspecified atom stereocenters. The number of thioether (sulfide) groups is 1. The van der Waals surface area contributed by atoms with E-state index in [2.05, 4.69) is 15.5 Å². The zero-order chi connectivity index (χ0) is 21.1. The minimum atomic E-state index is -0.224. The number of nitrogens with zero attached hydrogens (tertiary/aromatic N) is 6. The van der Waals surface area contributed by atoms with Crippen molar-refractivity contribution < 1.29 is 4.39 Å². The van der Waals surface area contributed by atoms with Gasteiger partial charge in [0.2, 0.25) is 5.16 Å². The van der Waals surface area contributed by atoms with Gasteiger partial charge in [-0.1, -0.05) is 42.1 Å². The highest BCUT2D eigenvalue weighted by atomic mass is 32.2. The average Bonchev–Trinajstić information content (AvgIpc) is 3.28. The number of benzene rings is 2. The van der Waals surface area contributed by atoms with E-state index in [0.29, 0.717) is 10.8 Å². The molecule has 0 aliphatic rings. The van der Waals surface area contributed by atoms with Crippen molar-refractivity contribution in [2.45, 2.75) is 24.9 Å². The largest absolute Gasteiger partial charge is 0.297 e. The predicted molar refractivity (Wildman–Crippen MR) is 114 cm³/mol. The number of hydrogen-bond donors (Lipinski definition) is 0. The van der Waals surface area contributed by atoms with Crippen molar-refractivity contribution >= 4 is 11.8 Å². The third kappa shape index (κ3) is 3.93. The van der Waals surface area contributed by atoms with Gasteiger partial charge in [0.25, 0.3) is 5.56 Å². The summed E-state index contributed by atoms with van der Waals surface area (Å²) in [5.41, 5.74) is 2.74. The molecule has 0 amide bonds. The van der Waals surface area contributed by atoms with Gasteiger partial charge in [-0.3, -0.25) is 9.48 Å². The molecule has 0 aliphatic carbocycles. The molecule has 0 atom stereocenters. The molecule has 30 heavy (non-hydrogen) atoms. The summed E-state index contributed by atoms with van der Waals surface area (Å²) in [5, 5.41) is 12.5. The lowest BCUT2D eigenvalue weighted by Gasteiger charge is -2.07. The second kappa shape index (κ2) is 8.66. The molecule has 0 spiro atoms. The van der Waals surface area contributed by atoms with Crippen LogP contribution in [0.25, 0.3) is 11.4 Å². The van der Waals surface area contributed by atoms with Crippen LogP contribution in [0.15, 0.2) is 64.5 Å². The molecule has 0 fully saturated rings. The smallest absolute Gasteiger partial charge is 0.283 e. The predicted octanol–water partition coefficient (Wildman–Crippen LogP) is 3.32. The lowest BCUT2D eigenvalue weighted by Crippen LogP contribution is -2.22. The monoisotopic (exact) mass is 424 g/mol. The van der Waals surface area contributed by atoms with Crippen molar-refractivity contribution in [2.24, 2.45) is 7.05 Å². The molecule has 7 nitrogen and oxygen atoms in total. The summed E-state index contributed by atoms with van der Waals surface area (Å²) in [7, 11) is 1.84. The Balaban J connectivity index is 1.54. The van der Waals surface area contributed by atoms with Crippen LogP contribution in [0.5, 0.6) is 0 Å². The van der Waals surface area contributed by atoms with Crippen LogP contribution in [0.4, 0.5) is 4.39 Å². The number of para-hydroxylation sites is 1. The van der Waals surface area contributed by atoms with Gasteiger partial charge >= 0.3 is 0 Å². The normalized spacial score (nSPS) is 11.2. The van der Waals surface area contributed by atoms with E-state index in [9.17, 15) is 9.18 Å². The maximum atomic E-state index is 13.3. The summed E-state index contributed by atoms with van der Waals surface area (Å²) in [4.78, 5) is 13.2. The van der Waals surface area contributed by atoms with E-state index < -0.39 is 0 Å². The fourth-order valence-corrected chi connectivity index (χ4v) is 4.16. The number of aryl methyl sites for hydroxylation is 1. The summed E-state index contributed by atoms with van der Waals surface area (Å²) in [5.74, 6) is 0.522. The van der Waals surface area contributed by atoms with Crippen LogP contribution in [0.1, 0.15) is 17.7 Å². The molecule has 0 bridgehead atoms. The third-order valence-corrected chi connectivity index (χ3v) is 5.91. The Morgan fingerprint density at radius 1 is 1.10 bits per heavy atom. The number of halogens is 1. The highest BCUT2D eigenvalue weighted by Gasteiger charge is 2.21. The second-order valence-corrected chi connectivity index (χ2v) is 7.93. The summed E-state index contributed by atoms with van der Waals surface area (Å²) < 4.78 is 18.2. The molecule has 0 saturated heterocycles. The van der Waals surface area contributed by atoms with Crippen molar-refractivity contribution in [2.75, 3.05) is 5.75 Å². The summed E-state index contributed by atoms with van der Waals surface area (Å²) in [6, 6.07) is 16.1. The molecular weight excluding hydrogens is 403 g/mol. The van der Waals surface area contributed by atoms with Crippen molar-refractivity contribution in [1.29, 1.82) is 0 Å². The molecule has 154 valence electrons. The molecule has 2 aromatic carbocycles. The average molecular weight is 425 g/mol. The number of rotatable bonds is 7. The summed E-state index contributed by atoms with van der Waals surface area (Å²) in [6.45, 7) is 1.87. The highest BCUT2D eigenvalue weighted by molar-refractivity contribution is 7.99. The first kappa shape index (κ1) is 20.1. The molecule has 2 heterocycles. The van der Waals surface area contributed by atoms with E-state index in [0.717, 1.165) is 35.5 Å². The van der Waals surface area contributed by atoms with Crippen LogP contribution >= 0.6 is 11.8 Å². The molecular formula is C21H21FN6OS. The van der Waals surface area contributed by atoms with Crippen molar-refractivity contribution in [3.8, 4) is 11.4 Å². The van der Waals surface area contributed by atoms with Crippen LogP contribution in [0, 0.1) is 12.7 Å². The Morgan fingerprint density at radius 3 is 2.67 bits per heavy atom. The fraction of sp³-hybridized carbons (Fsp3) is 0.238. The van der Waals surface area contributed by atoms with Crippen molar-refractivity contribution in [3.05, 3.63) is 82.0 Å². The Labute approximate surface area is 177 Å². The first-order valence-corrected chi connectivity index (χ1v) is 10.5. The van der Waals surface area contributed by atoms with E-state index in [4.69, 9.17) is 0 Å². The van der Waals surface area contributed by atoms with Crippen molar-refractivity contribution in [1.82, 2.24) is 29.6 Å². The standard InChI is InChI=1S/C21H21FN6OS/c1-15-19(20(29)28(26(15)2)18-11-4-3-5-12-18)27-21(23-24-25-27)30-13-7-9-16-8-6-10-17(22)14-16/h3-6,8,10-12,14H,7,9,13H2,1-2H3. The molecule has 0 aliphatic heterocycles. The number of aromatic nitrogens is 6. The molecule has 0 radical (unpaired) electrons. The molecule has 0 saturated carbocycles. The minimum Gasteiger partial charge on any atom is -0.283 e. The highest BCUT2D eigenvalue weighted by Crippen LogP contribution is 2.21. The Hall–Kier alpha value is -3.20. The van der Waals surface area contributed by atoms with E-state index >= 15 is 0 Å². The van der Waals surface area contributed by atoms with Gasteiger partial charge in [-0.05, 0) is 60.0 Å². The van der Waals surface area contributed by atoms with Crippen LogP contribution in [0.3, 0.4) is 0 Å². The summed E-state index contributed by atoms with van der Waals surface area (Å²) in [6.07, 6.45) is 1.60. The van der Waals surface area contributed by atoms with E-state index in [1.54, 1.807) is 21.5 Å². The zero-order valence-corrected chi connectivity index (χ0v) is 17.5. The lowest BCUT2D eigenvalue weighted by molar-refractivity contribution is 0.625. The van der Waals surface area contributed by atoms with Gasteiger partial charge in [-0.2, -0.15) is 4.68 Å². The van der Waals surface area contributed by atoms with Gasteiger partial charge in [-0.15, -0.1) is 5.10 Å². The van der Waals surface area contributed by atoms with Gasteiger partial charge < -0.3 is 0 Å². The molecule has 4 aromatic rings. The second-order valence-electron chi connectivity index (χ2n) is 6.87. The van der Waals surface area contributed by atoms with E-state index in [1.807, 2.05) is 50.4 Å². The first-order chi connectivity index (χ1) is 14.6. The number of hydrogen-bond acceptors (Lipinski definition) is 5. The molecule has 4 rings (SSSR count). The maximum Gasteiger partial charge on any atom is 0.297 e. The number of tetrazole rings is 1. The minimum absolute atomic E-state index is 0.185. The SMILES string of the molecule is Cc1c(-n2nnnc2SCCCc2cccc(F)c2)c(=O)n(-c2ccccc2)n1C. The third-order valence-electron chi connectivity index (χ3n) is 4.91. The van der Waals surface area contributed by atoms with Crippen molar-refractivity contribution in [3.63, 3.8) is 0 Å². The Morgan fingerprint density at radius 2 is 1.90 bits per heavy atom. The van der Waals surface area contributed by atoms with Gasteiger partial charge in [-0.25, -0.2) is 9.07 Å². The lowest BCUT2D eigenvalue weighted by atomic mass is 10.1. The summed E-state index contributed by atoms with van der Waals surface area (Å²) >= 11 is 1.48. The van der Waals surface area contributed by atoms with Crippen LogP contribution in [-0.2, 0) is 13.5 Å². The molecule has 2 aromatic heterocycles.